The van der Waals surface area contributed by atoms with Gasteiger partial charge in [0.05, 0.1) is 30.3 Å². The molecule has 156 valence electrons. The maximum atomic E-state index is 12.7. The standard InChI is InChI=1S/C19H31N5O3S/c1-4-12-28(25,26)19-21-13-17(24(19)15-18-6-5-11-27-18)14-22(3)9-10-23-8-7-20-16(23)2/h7-8,13,18H,4-6,9-12,14-15H2,1-3H3. The first-order valence-electron chi connectivity index (χ1n) is 9.95. The fraction of sp³-hybridized carbons (Fsp3) is 0.684. The summed E-state index contributed by atoms with van der Waals surface area (Å²) in [5.74, 6) is 1.11. The molecule has 1 saturated heterocycles. The van der Waals surface area contributed by atoms with Gasteiger partial charge >= 0.3 is 0 Å². The van der Waals surface area contributed by atoms with Gasteiger partial charge in [0.15, 0.2) is 0 Å². The summed E-state index contributed by atoms with van der Waals surface area (Å²) in [6.45, 7) is 7.45. The number of imidazole rings is 2. The lowest BCUT2D eigenvalue weighted by Gasteiger charge is -2.20. The van der Waals surface area contributed by atoms with Crippen molar-refractivity contribution in [3.05, 3.63) is 30.1 Å². The number of likely N-dealkylation sites (N-methyl/N-ethyl adjacent to an activating group) is 1. The maximum Gasteiger partial charge on any atom is 0.227 e. The summed E-state index contributed by atoms with van der Waals surface area (Å²) in [4.78, 5) is 10.7. The van der Waals surface area contributed by atoms with E-state index < -0.39 is 9.84 Å². The number of ether oxygens (including phenoxy) is 1. The maximum absolute atomic E-state index is 12.7. The van der Waals surface area contributed by atoms with E-state index in [0.29, 0.717) is 19.5 Å². The number of nitrogens with zero attached hydrogens (tertiary/aromatic N) is 5. The van der Waals surface area contributed by atoms with E-state index in [1.807, 2.05) is 31.7 Å². The zero-order valence-corrected chi connectivity index (χ0v) is 17.9. The Kier molecular flexibility index (Phi) is 6.90. The Hall–Kier alpha value is -1.71. The van der Waals surface area contributed by atoms with E-state index in [2.05, 4.69) is 19.4 Å². The highest BCUT2D eigenvalue weighted by Gasteiger charge is 2.26. The van der Waals surface area contributed by atoms with Crippen LogP contribution in [0.25, 0.3) is 0 Å². The molecule has 1 atom stereocenters. The van der Waals surface area contributed by atoms with E-state index in [-0.39, 0.29) is 17.0 Å². The molecule has 1 aliphatic heterocycles. The van der Waals surface area contributed by atoms with Gasteiger partial charge in [0.2, 0.25) is 15.0 Å². The molecule has 0 spiro atoms. The number of rotatable bonds is 10. The van der Waals surface area contributed by atoms with E-state index in [9.17, 15) is 8.42 Å². The molecule has 0 saturated carbocycles. The van der Waals surface area contributed by atoms with E-state index in [0.717, 1.165) is 44.1 Å². The van der Waals surface area contributed by atoms with Gasteiger partial charge in [0.1, 0.15) is 5.82 Å². The van der Waals surface area contributed by atoms with Crippen LogP contribution in [0, 0.1) is 6.92 Å². The third-order valence-corrected chi connectivity index (χ3v) is 6.97. The summed E-state index contributed by atoms with van der Waals surface area (Å²) in [7, 11) is -1.35. The van der Waals surface area contributed by atoms with Crippen molar-refractivity contribution in [2.75, 3.05) is 26.0 Å². The zero-order chi connectivity index (χ0) is 20.1. The van der Waals surface area contributed by atoms with Crippen molar-refractivity contribution < 1.29 is 13.2 Å². The second-order valence-electron chi connectivity index (χ2n) is 7.50. The van der Waals surface area contributed by atoms with Crippen LogP contribution in [0.1, 0.15) is 37.7 Å². The van der Waals surface area contributed by atoms with Crippen molar-refractivity contribution in [3.8, 4) is 0 Å². The molecular weight excluding hydrogens is 378 g/mol. The van der Waals surface area contributed by atoms with Gasteiger partial charge in [-0.15, -0.1) is 0 Å². The van der Waals surface area contributed by atoms with E-state index in [1.54, 1.807) is 12.4 Å². The highest BCUT2D eigenvalue weighted by Crippen LogP contribution is 2.20. The summed E-state index contributed by atoms with van der Waals surface area (Å²) in [6, 6.07) is 0. The molecule has 0 N–H and O–H groups in total. The summed E-state index contributed by atoms with van der Waals surface area (Å²) >= 11 is 0. The van der Waals surface area contributed by atoms with Crippen LogP contribution < -0.4 is 0 Å². The number of aryl methyl sites for hydroxylation is 1. The molecule has 9 heteroatoms. The first-order chi connectivity index (χ1) is 13.4. The molecular formula is C19H31N5O3S. The van der Waals surface area contributed by atoms with E-state index in [4.69, 9.17) is 4.74 Å². The van der Waals surface area contributed by atoms with Crippen LogP contribution in [0.4, 0.5) is 0 Å². The van der Waals surface area contributed by atoms with E-state index in [1.165, 1.54) is 0 Å². The highest BCUT2D eigenvalue weighted by molar-refractivity contribution is 7.91. The molecule has 1 aliphatic rings. The molecule has 0 aromatic carbocycles. The Morgan fingerprint density at radius 1 is 1.36 bits per heavy atom. The smallest absolute Gasteiger partial charge is 0.227 e. The fourth-order valence-corrected chi connectivity index (χ4v) is 5.05. The topological polar surface area (TPSA) is 82.3 Å². The lowest BCUT2D eigenvalue weighted by atomic mass is 10.2. The van der Waals surface area contributed by atoms with Gasteiger partial charge in [-0.25, -0.2) is 18.4 Å². The second-order valence-corrected chi connectivity index (χ2v) is 9.51. The Labute approximate surface area is 167 Å². The molecule has 2 aromatic rings. The van der Waals surface area contributed by atoms with Crippen LogP contribution in [0.2, 0.25) is 0 Å². The Morgan fingerprint density at radius 2 is 2.18 bits per heavy atom. The quantitative estimate of drug-likeness (QED) is 0.596. The largest absolute Gasteiger partial charge is 0.376 e. The Morgan fingerprint density at radius 3 is 2.82 bits per heavy atom. The zero-order valence-electron chi connectivity index (χ0n) is 17.0. The molecule has 8 nitrogen and oxygen atoms in total. The van der Waals surface area contributed by atoms with Crippen molar-refractivity contribution in [1.29, 1.82) is 0 Å². The molecule has 1 fully saturated rings. The molecule has 0 radical (unpaired) electrons. The van der Waals surface area contributed by atoms with Crippen LogP contribution in [0.15, 0.2) is 23.7 Å². The van der Waals surface area contributed by atoms with Crippen molar-refractivity contribution in [3.63, 3.8) is 0 Å². The molecule has 0 amide bonds. The van der Waals surface area contributed by atoms with Gasteiger partial charge in [-0.2, -0.15) is 0 Å². The summed E-state index contributed by atoms with van der Waals surface area (Å²) in [5.41, 5.74) is 0.912. The summed E-state index contributed by atoms with van der Waals surface area (Å²) < 4.78 is 35.1. The van der Waals surface area contributed by atoms with Crippen molar-refractivity contribution in [1.82, 2.24) is 24.0 Å². The number of aromatic nitrogens is 4. The SMILES string of the molecule is CCCS(=O)(=O)c1ncc(CN(C)CCn2ccnc2C)n1CC1CCCO1. The monoisotopic (exact) mass is 409 g/mol. The molecule has 1 unspecified atom stereocenters. The molecule has 3 rings (SSSR count). The van der Waals surface area contributed by atoms with Crippen molar-refractivity contribution in [2.24, 2.45) is 0 Å². The molecule has 0 bridgehead atoms. The molecule has 0 aliphatic carbocycles. The van der Waals surface area contributed by atoms with Crippen LogP contribution in [-0.2, 0) is 34.2 Å². The van der Waals surface area contributed by atoms with Crippen LogP contribution >= 0.6 is 0 Å². The lowest BCUT2D eigenvalue weighted by Crippen LogP contribution is -2.27. The van der Waals surface area contributed by atoms with E-state index >= 15 is 0 Å². The van der Waals surface area contributed by atoms with Gasteiger partial charge in [-0.05, 0) is 33.2 Å². The first kappa shape index (κ1) is 21.0. The fourth-order valence-electron chi connectivity index (χ4n) is 3.59. The predicted molar refractivity (Wildman–Crippen MR) is 107 cm³/mol. The summed E-state index contributed by atoms with van der Waals surface area (Å²) in [6.07, 6.45) is 8.10. The number of sulfone groups is 1. The molecule has 2 aromatic heterocycles. The van der Waals surface area contributed by atoms with Crippen molar-refractivity contribution >= 4 is 9.84 Å². The third kappa shape index (κ3) is 5.01. The average molecular weight is 410 g/mol. The van der Waals surface area contributed by atoms with Crippen molar-refractivity contribution in [2.45, 2.75) is 64.0 Å². The second kappa shape index (κ2) is 9.19. The minimum absolute atomic E-state index is 0.0578. The molecule has 3 heterocycles. The predicted octanol–water partition coefficient (Wildman–Crippen LogP) is 1.88. The number of hydrogen-bond donors (Lipinski definition) is 0. The van der Waals surface area contributed by atoms with Crippen LogP contribution in [0.3, 0.4) is 0 Å². The van der Waals surface area contributed by atoms with Gasteiger partial charge in [0.25, 0.3) is 0 Å². The van der Waals surface area contributed by atoms with Gasteiger partial charge in [-0.3, -0.25) is 4.90 Å². The third-order valence-electron chi connectivity index (χ3n) is 5.14. The first-order valence-corrected chi connectivity index (χ1v) is 11.6. The average Bonchev–Trinajstić information content (AvgIpc) is 3.37. The summed E-state index contributed by atoms with van der Waals surface area (Å²) in [5, 5.41) is 0.179. The van der Waals surface area contributed by atoms with Crippen LogP contribution in [0.5, 0.6) is 0 Å². The highest BCUT2D eigenvalue weighted by atomic mass is 32.2. The lowest BCUT2D eigenvalue weighted by molar-refractivity contribution is 0.0934. The number of hydrogen-bond acceptors (Lipinski definition) is 6. The molecule has 28 heavy (non-hydrogen) atoms. The van der Waals surface area contributed by atoms with Gasteiger partial charge in [0, 0.05) is 38.6 Å². The Balaban J connectivity index is 1.75. The van der Waals surface area contributed by atoms with Gasteiger partial charge in [-0.1, -0.05) is 6.92 Å². The minimum atomic E-state index is -3.39. The minimum Gasteiger partial charge on any atom is -0.376 e. The van der Waals surface area contributed by atoms with Gasteiger partial charge < -0.3 is 13.9 Å². The normalized spacial score (nSPS) is 17.6. The Bertz CT molecular complexity index is 868. The van der Waals surface area contributed by atoms with Crippen LogP contribution in [-0.4, -0.2) is 64.5 Å².